The molecule has 2 rings (SSSR count). The second kappa shape index (κ2) is 10.1. The molecule has 31 heavy (non-hydrogen) atoms. The molecule has 0 unspecified atom stereocenters. The Hall–Kier alpha value is -3.35. The summed E-state index contributed by atoms with van der Waals surface area (Å²) in [5.41, 5.74) is 8.32. The Morgan fingerprint density at radius 2 is 1.58 bits per heavy atom. The monoisotopic (exact) mass is 425 g/mol. The number of carbonyl (C=O) groups excluding carboxylic acids is 3. The summed E-state index contributed by atoms with van der Waals surface area (Å²) in [6.07, 6.45) is 0. The van der Waals surface area contributed by atoms with Crippen molar-refractivity contribution in [2.75, 3.05) is 6.61 Å². The lowest BCUT2D eigenvalue weighted by atomic mass is 9.86. The van der Waals surface area contributed by atoms with Crippen LogP contribution in [0.5, 0.6) is 5.75 Å². The molecule has 0 aliphatic heterocycles. The van der Waals surface area contributed by atoms with Crippen LogP contribution in [0.3, 0.4) is 0 Å². The Bertz CT molecular complexity index is 946. The Kier molecular flexibility index (Phi) is 7.80. The van der Waals surface area contributed by atoms with E-state index in [-0.39, 0.29) is 17.9 Å². The molecule has 2 aromatic rings. The van der Waals surface area contributed by atoms with E-state index in [1.54, 1.807) is 18.2 Å². The molecule has 166 valence electrons. The number of aryl methyl sites for hydroxylation is 2. The lowest BCUT2D eigenvalue weighted by molar-refractivity contribution is -0.130. The highest BCUT2D eigenvalue weighted by Gasteiger charge is 2.18. The zero-order valence-corrected chi connectivity index (χ0v) is 19.0. The van der Waals surface area contributed by atoms with Gasteiger partial charge in [0.2, 0.25) is 0 Å². The number of hydrazine groups is 1. The SMILES string of the molecule is Cc1ccc(OCC(=O)NNC(=O)[C@H](C)NC(=O)c2ccc(C(C)(C)C)cc2)cc1C. The molecule has 0 aliphatic rings. The van der Waals surface area contributed by atoms with Gasteiger partial charge in [-0.1, -0.05) is 39.0 Å². The number of benzene rings is 2. The average molecular weight is 426 g/mol. The molecule has 3 amide bonds. The summed E-state index contributed by atoms with van der Waals surface area (Å²) in [6.45, 7) is 11.5. The van der Waals surface area contributed by atoms with E-state index in [2.05, 4.69) is 36.9 Å². The second-order valence-corrected chi connectivity index (χ2v) is 8.59. The van der Waals surface area contributed by atoms with Crippen LogP contribution in [0.15, 0.2) is 42.5 Å². The Balaban J connectivity index is 1.78. The molecule has 0 saturated carbocycles. The molecule has 0 bridgehead atoms. The van der Waals surface area contributed by atoms with Crippen molar-refractivity contribution in [1.29, 1.82) is 0 Å². The van der Waals surface area contributed by atoms with Crippen LogP contribution in [-0.4, -0.2) is 30.4 Å². The van der Waals surface area contributed by atoms with E-state index in [0.29, 0.717) is 11.3 Å². The van der Waals surface area contributed by atoms with Crippen molar-refractivity contribution < 1.29 is 19.1 Å². The van der Waals surface area contributed by atoms with E-state index in [1.807, 2.05) is 38.1 Å². The van der Waals surface area contributed by atoms with E-state index >= 15 is 0 Å². The predicted molar refractivity (Wildman–Crippen MR) is 120 cm³/mol. The molecule has 3 N–H and O–H groups in total. The molecule has 0 spiro atoms. The lowest BCUT2D eigenvalue weighted by Crippen LogP contribution is -2.51. The third-order valence-corrected chi connectivity index (χ3v) is 4.93. The minimum Gasteiger partial charge on any atom is -0.484 e. The zero-order valence-electron chi connectivity index (χ0n) is 19.0. The largest absolute Gasteiger partial charge is 0.484 e. The first-order chi connectivity index (χ1) is 14.5. The minimum absolute atomic E-state index is 0.0115. The number of ether oxygens (including phenoxy) is 1. The van der Waals surface area contributed by atoms with Gasteiger partial charge in [-0.2, -0.15) is 0 Å². The van der Waals surface area contributed by atoms with Gasteiger partial charge in [-0.25, -0.2) is 0 Å². The highest BCUT2D eigenvalue weighted by atomic mass is 16.5. The summed E-state index contributed by atoms with van der Waals surface area (Å²) >= 11 is 0. The Morgan fingerprint density at radius 3 is 2.16 bits per heavy atom. The predicted octanol–water partition coefficient (Wildman–Crippen LogP) is 2.95. The zero-order chi connectivity index (χ0) is 23.2. The van der Waals surface area contributed by atoms with Gasteiger partial charge in [-0.3, -0.25) is 25.2 Å². The fourth-order valence-corrected chi connectivity index (χ4v) is 2.70. The van der Waals surface area contributed by atoms with Crippen LogP contribution >= 0.6 is 0 Å². The van der Waals surface area contributed by atoms with Crippen molar-refractivity contribution >= 4 is 17.7 Å². The van der Waals surface area contributed by atoms with Crippen LogP contribution in [0, 0.1) is 13.8 Å². The molecule has 1 atom stereocenters. The van der Waals surface area contributed by atoms with Gasteiger partial charge in [0.15, 0.2) is 6.61 Å². The molecule has 0 saturated heterocycles. The van der Waals surface area contributed by atoms with E-state index in [0.717, 1.165) is 16.7 Å². The second-order valence-electron chi connectivity index (χ2n) is 8.59. The molecule has 0 fully saturated rings. The van der Waals surface area contributed by atoms with Gasteiger partial charge in [0.05, 0.1) is 0 Å². The molecular weight excluding hydrogens is 394 g/mol. The summed E-state index contributed by atoms with van der Waals surface area (Å²) in [5, 5.41) is 2.61. The number of amides is 3. The molecule has 0 heterocycles. The summed E-state index contributed by atoms with van der Waals surface area (Å²) in [4.78, 5) is 36.5. The van der Waals surface area contributed by atoms with Gasteiger partial charge >= 0.3 is 0 Å². The first kappa shape index (κ1) is 23.9. The first-order valence-electron chi connectivity index (χ1n) is 10.2. The number of nitrogens with one attached hydrogen (secondary N) is 3. The smallest absolute Gasteiger partial charge is 0.276 e. The molecular formula is C24H31N3O4. The van der Waals surface area contributed by atoms with Gasteiger partial charge in [0, 0.05) is 5.56 Å². The van der Waals surface area contributed by atoms with Crippen LogP contribution in [0.2, 0.25) is 0 Å². The van der Waals surface area contributed by atoms with Crippen LogP contribution in [0.4, 0.5) is 0 Å². The molecule has 0 aliphatic carbocycles. The standard InChI is InChI=1S/C24H31N3O4/c1-15-7-12-20(13-16(15)2)31-14-21(28)26-27-22(29)17(3)25-23(30)18-8-10-19(11-9-18)24(4,5)6/h7-13,17H,14H2,1-6H3,(H,25,30)(H,26,28)(H,27,29)/t17-/m0/s1. The van der Waals surface area contributed by atoms with E-state index in [1.165, 1.54) is 6.92 Å². The summed E-state index contributed by atoms with van der Waals surface area (Å²) in [6, 6.07) is 11.9. The number of hydrogen-bond acceptors (Lipinski definition) is 4. The maximum absolute atomic E-state index is 12.4. The van der Waals surface area contributed by atoms with Crippen LogP contribution < -0.4 is 20.9 Å². The van der Waals surface area contributed by atoms with Crippen molar-refractivity contribution in [1.82, 2.24) is 16.2 Å². The summed E-state index contributed by atoms with van der Waals surface area (Å²) < 4.78 is 5.42. The fourth-order valence-electron chi connectivity index (χ4n) is 2.70. The summed E-state index contributed by atoms with van der Waals surface area (Å²) in [7, 11) is 0. The van der Waals surface area contributed by atoms with Crippen molar-refractivity contribution in [2.24, 2.45) is 0 Å². The Morgan fingerprint density at radius 1 is 0.935 bits per heavy atom. The maximum Gasteiger partial charge on any atom is 0.276 e. The van der Waals surface area contributed by atoms with Gasteiger partial charge in [0.1, 0.15) is 11.8 Å². The first-order valence-corrected chi connectivity index (χ1v) is 10.2. The number of hydrogen-bond donors (Lipinski definition) is 3. The van der Waals surface area contributed by atoms with Gasteiger partial charge in [-0.15, -0.1) is 0 Å². The molecule has 0 aromatic heterocycles. The highest BCUT2D eigenvalue weighted by molar-refractivity contribution is 5.97. The van der Waals surface area contributed by atoms with Crippen molar-refractivity contribution in [3.05, 3.63) is 64.7 Å². The molecule has 7 heteroatoms. The average Bonchev–Trinajstić information content (AvgIpc) is 2.72. The third kappa shape index (κ3) is 7.13. The third-order valence-electron chi connectivity index (χ3n) is 4.93. The normalized spacial score (nSPS) is 11.9. The van der Waals surface area contributed by atoms with Gasteiger partial charge < -0.3 is 10.1 Å². The van der Waals surface area contributed by atoms with Gasteiger partial charge in [-0.05, 0) is 67.1 Å². The molecule has 7 nitrogen and oxygen atoms in total. The van der Waals surface area contributed by atoms with E-state index in [4.69, 9.17) is 4.74 Å². The van der Waals surface area contributed by atoms with Crippen LogP contribution in [0.25, 0.3) is 0 Å². The van der Waals surface area contributed by atoms with Crippen molar-refractivity contribution in [3.63, 3.8) is 0 Å². The van der Waals surface area contributed by atoms with Crippen molar-refractivity contribution in [2.45, 2.75) is 53.0 Å². The quantitative estimate of drug-likeness (QED) is 0.620. The highest BCUT2D eigenvalue weighted by Crippen LogP contribution is 2.22. The topological polar surface area (TPSA) is 96.5 Å². The van der Waals surface area contributed by atoms with Crippen LogP contribution in [0.1, 0.15) is 54.7 Å². The Labute approximate surface area is 183 Å². The fraction of sp³-hybridized carbons (Fsp3) is 0.375. The molecule has 0 radical (unpaired) electrons. The number of rotatable bonds is 6. The lowest BCUT2D eigenvalue weighted by Gasteiger charge is -2.19. The van der Waals surface area contributed by atoms with E-state index < -0.39 is 17.9 Å². The van der Waals surface area contributed by atoms with Gasteiger partial charge in [0.25, 0.3) is 17.7 Å². The minimum atomic E-state index is -0.837. The van der Waals surface area contributed by atoms with Crippen LogP contribution in [-0.2, 0) is 15.0 Å². The van der Waals surface area contributed by atoms with E-state index in [9.17, 15) is 14.4 Å². The number of carbonyl (C=O) groups is 3. The molecule has 2 aromatic carbocycles. The maximum atomic E-state index is 12.4. The van der Waals surface area contributed by atoms with Crippen molar-refractivity contribution in [3.8, 4) is 5.75 Å². The summed E-state index contributed by atoms with van der Waals surface area (Å²) in [5.74, 6) is -0.850.